The molecule has 0 amide bonds. The molecule has 0 aliphatic heterocycles. The van der Waals surface area contributed by atoms with Gasteiger partial charge in [0.1, 0.15) is 0 Å². The van der Waals surface area contributed by atoms with Crippen LogP contribution in [-0.2, 0) is 0 Å². The second kappa shape index (κ2) is 5.27. The molecular formula is C3H9NSSi. The van der Waals surface area contributed by atoms with Crippen molar-refractivity contribution in [3.05, 3.63) is 11.5 Å². The van der Waals surface area contributed by atoms with Crippen molar-refractivity contribution in [2.75, 3.05) is 6.54 Å². The third kappa shape index (κ3) is 4.27. The first-order chi connectivity index (χ1) is 2.91. The minimum atomic E-state index is 0.676. The Labute approximate surface area is 45.1 Å². The molecule has 6 heavy (non-hydrogen) atoms. The molecule has 0 aliphatic rings. The van der Waals surface area contributed by atoms with Crippen molar-refractivity contribution in [3.63, 3.8) is 0 Å². The maximum atomic E-state index is 5.13. The molecule has 0 spiro atoms. The third-order valence-corrected chi connectivity index (χ3v) is 1.65. The van der Waals surface area contributed by atoms with Gasteiger partial charge in [0, 0.05) is 6.54 Å². The summed E-state index contributed by atoms with van der Waals surface area (Å²) in [6.07, 6.45) is 1.96. The highest BCUT2D eigenvalue weighted by Crippen LogP contribution is 1.88. The molecule has 0 aromatic heterocycles. The fourth-order valence-corrected chi connectivity index (χ4v) is 1.03. The fourth-order valence-electron chi connectivity index (χ4n) is 0.152. The molecule has 0 atom stereocenters. The van der Waals surface area contributed by atoms with Gasteiger partial charge in [-0.3, -0.25) is 0 Å². The minimum absolute atomic E-state index is 0.676. The van der Waals surface area contributed by atoms with Crippen molar-refractivity contribution < 1.29 is 0 Å². The quantitative estimate of drug-likeness (QED) is 0.495. The largest absolute Gasteiger partial charge is 0.327 e. The van der Waals surface area contributed by atoms with Crippen LogP contribution in [0.5, 0.6) is 0 Å². The Morgan fingerprint density at radius 2 is 2.50 bits per heavy atom. The third-order valence-electron chi connectivity index (χ3n) is 0.368. The van der Waals surface area contributed by atoms with Crippen molar-refractivity contribution in [1.29, 1.82) is 0 Å². The number of hydrogen-bond acceptors (Lipinski definition) is 2. The molecule has 0 aromatic carbocycles. The summed E-state index contributed by atoms with van der Waals surface area (Å²) in [6.45, 7) is 0.676. The summed E-state index contributed by atoms with van der Waals surface area (Å²) in [6, 6.07) is 0. The van der Waals surface area contributed by atoms with Crippen LogP contribution in [0.2, 0.25) is 0 Å². The van der Waals surface area contributed by atoms with Crippen molar-refractivity contribution >= 4 is 20.6 Å². The van der Waals surface area contributed by atoms with Gasteiger partial charge in [-0.25, -0.2) is 0 Å². The Morgan fingerprint density at radius 1 is 1.83 bits per heavy atom. The van der Waals surface area contributed by atoms with Gasteiger partial charge in [-0.1, -0.05) is 6.08 Å². The average Bonchev–Trinajstić information content (AvgIpc) is 1.61. The van der Waals surface area contributed by atoms with E-state index < -0.39 is 0 Å². The molecule has 2 N–H and O–H groups in total. The van der Waals surface area contributed by atoms with E-state index in [1.165, 1.54) is 9.39 Å². The lowest BCUT2D eigenvalue weighted by atomic mass is 10.7. The van der Waals surface area contributed by atoms with Crippen LogP contribution in [0, 0.1) is 0 Å². The van der Waals surface area contributed by atoms with Crippen LogP contribution in [0.4, 0.5) is 0 Å². The fraction of sp³-hybridized carbons (Fsp3) is 0.333. The summed E-state index contributed by atoms with van der Waals surface area (Å²) in [5.74, 6) is 0. The Bertz CT molecular complexity index is 40.1. The van der Waals surface area contributed by atoms with E-state index in [1.807, 2.05) is 11.5 Å². The molecule has 0 heterocycles. The van der Waals surface area contributed by atoms with Gasteiger partial charge in [-0.15, -0.1) is 0 Å². The number of nitrogens with two attached hydrogens (primary N) is 1. The molecule has 0 fully saturated rings. The van der Waals surface area contributed by atoms with Gasteiger partial charge in [-0.2, -0.15) is 11.2 Å². The Kier molecular flexibility index (Phi) is 5.50. The maximum Gasteiger partial charge on any atom is 0.0750 e. The van der Waals surface area contributed by atoms with Crippen LogP contribution in [0.25, 0.3) is 0 Å². The minimum Gasteiger partial charge on any atom is -0.327 e. The first-order valence-corrected chi connectivity index (χ1v) is 5.53. The summed E-state index contributed by atoms with van der Waals surface area (Å²) in [7, 11) is 1.18. The van der Waals surface area contributed by atoms with Crippen LogP contribution < -0.4 is 5.73 Å². The lowest BCUT2D eigenvalue weighted by molar-refractivity contribution is 1.26. The van der Waals surface area contributed by atoms with E-state index in [-0.39, 0.29) is 0 Å². The lowest BCUT2D eigenvalue weighted by Crippen LogP contribution is -1.91. The topological polar surface area (TPSA) is 26.0 Å². The van der Waals surface area contributed by atoms with Crippen LogP contribution in [0.1, 0.15) is 0 Å². The number of rotatable bonds is 2. The van der Waals surface area contributed by atoms with Crippen molar-refractivity contribution in [3.8, 4) is 0 Å². The maximum absolute atomic E-state index is 5.13. The molecule has 0 bridgehead atoms. The molecule has 0 saturated heterocycles. The SMILES string of the molecule is NCC=CS[SiH3]. The highest BCUT2D eigenvalue weighted by Gasteiger charge is 1.59. The second-order valence-electron chi connectivity index (χ2n) is 0.843. The van der Waals surface area contributed by atoms with Gasteiger partial charge in [-0.05, 0) is 5.41 Å². The Hall–Kier alpha value is 0.267. The Balaban J connectivity index is 2.73. The van der Waals surface area contributed by atoms with Crippen LogP contribution in [0.15, 0.2) is 11.5 Å². The molecule has 0 rings (SSSR count). The van der Waals surface area contributed by atoms with E-state index >= 15 is 0 Å². The van der Waals surface area contributed by atoms with Crippen LogP contribution >= 0.6 is 11.2 Å². The van der Waals surface area contributed by atoms with Gasteiger partial charge >= 0.3 is 0 Å². The predicted molar refractivity (Wildman–Crippen MR) is 35.7 cm³/mol. The van der Waals surface area contributed by atoms with Crippen molar-refractivity contribution in [1.82, 2.24) is 0 Å². The average molecular weight is 119 g/mol. The molecule has 0 aliphatic carbocycles. The van der Waals surface area contributed by atoms with E-state index in [4.69, 9.17) is 5.73 Å². The van der Waals surface area contributed by atoms with Gasteiger partial charge in [0.05, 0.1) is 9.39 Å². The molecule has 36 valence electrons. The van der Waals surface area contributed by atoms with Crippen molar-refractivity contribution in [2.24, 2.45) is 5.73 Å². The molecule has 0 aromatic rings. The molecule has 0 radical (unpaired) electrons. The first kappa shape index (κ1) is 6.27. The summed E-state index contributed by atoms with van der Waals surface area (Å²) in [5, 5.41) is 2.03. The predicted octanol–water partition coefficient (Wildman–Crippen LogP) is -0.528. The zero-order valence-corrected chi connectivity index (χ0v) is 6.66. The molecule has 0 unspecified atom stereocenters. The van der Waals surface area contributed by atoms with Gasteiger partial charge in [0.15, 0.2) is 0 Å². The molecule has 1 nitrogen and oxygen atoms in total. The summed E-state index contributed by atoms with van der Waals surface area (Å²) >= 11 is 1.80. The van der Waals surface area contributed by atoms with E-state index in [0.29, 0.717) is 6.54 Å². The summed E-state index contributed by atoms with van der Waals surface area (Å²) in [5.41, 5.74) is 5.13. The van der Waals surface area contributed by atoms with E-state index in [1.54, 1.807) is 11.2 Å². The number of hydrogen-bond donors (Lipinski definition) is 1. The zero-order valence-electron chi connectivity index (χ0n) is 3.85. The zero-order chi connectivity index (χ0) is 4.83. The van der Waals surface area contributed by atoms with E-state index in [2.05, 4.69) is 0 Å². The van der Waals surface area contributed by atoms with E-state index in [0.717, 1.165) is 0 Å². The summed E-state index contributed by atoms with van der Waals surface area (Å²) in [4.78, 5) is 0. The molecule has 0 saturated carbocycles. The van der Waals surface area contributed by atoms with Crippen LogP contribution in [-0.4, -0.2) is 15.9 Å². The van der Waals surface area contributed by atoms with Crippen molar-refractivity contribution in [2.45, 2.75) is 0 Å². The molecular weight excluding hydrogens is 110 g/mol. The van der Waals surface area contributed by atoms with Crippen LogP contribution in [0.3, 0.4) is 0 Å². The highest BCUT2D eigenvalue weighted by molar-refractivity contribution is 8.22. The normalized spacial score (nSPS) is 10.8. The highest BCUT2D eigenvalue weighted by atomic mass is 32.4. The monoisotopic (exact) mass is 119 g/mol. The Morgan fingerprint density at radius 3 is 2.67 bits per heavy atom. The first-order valence-electron chi connectivity index (χ1n) is 1.79. The van der Waals surface area contributed by atoms with Gasteiger partial charge in [0.25, 0.3) is 0 Å². The van der Waals surface area contributed by atoms with Gasteiger partial charge in [0.2, 0.25) is 0 Å². The molecule has 3 heteroatoms. The standard InChI is InChI=1S/C3H9NSSi/c4-2-1-3-5-6/h1,3H,2,4H2,6H3. The second-order valence-corrected chi connectivity index (χ2v) is 3.00. The van der Waals surface area contributed by atoms with E-state index in [9.17, 15) is 0 Å². The van der Waals surface area contributed by atoms with Gasteiger partial charge < -0.3 is 5.73 Å². The summed E-state index contributed by atoms with van der Waals surface area (Å²) < 4.78 is 0. The lowest BCUT2D eigenvalue weighted by Gasteiger charge is -1.73. The smallest absolute Gasteiger partial charge is 0.0750 e.